The van der Waals surface area contributed by atoms with Crippen molar-refractivity contribution in [2.75, 3.05) is 23.4 Å². The predicted octanol–water partition coefficient (Wildman–Crippen LogP) is 4.65. The minimum atomic E-state index is -0.715. The third-order valence-corrected chi connectivity index (χ3v) is 5.39. The summed E-state index contributed by atoms with van der Waals surface area (Å²) >= 11 is 11.5. The third kappa shape index (κ3) is 5.42. The number of hydrogen-bond donors (Lipinski definition) is 1. The van der Waals surface area contributed by atoms with Gasteiger partial charge in [-0.05, 0) is 67.2 Å². The zero-order valence-corrected chi connectivity index (χ0v) is 18.8. The molecule has 1 saturated heterocycles. The van der Waals surface area contributed by atoms with Crippen LogP contribution in [0.3, 0.4) is 0 Å². The Morgan fingerprint density at radius 3 is 2.52 bits per heavy atom. The van der Waals surface area contributed by atoms with Crippen LogP contribution in [0, 0.1) is 0 Å². The van der Waals surface area contributed by atoms with Crippen LogP contribution in [-0.2, 0) is 9.59 Å². The summed E-state index contributed by atoms with van der Waals surface area (Å²) in [5.74, 6) is 0.204. The highest BCUT2D eigenvalue weighted by atomic mass is 35.5. The van der Waals surface area contributed by atoms with Crippen LogP contribution in [0.15, 0.2) is 61.2 Å². The molecule has 0 saturated carbocycles. The number of nitrogens with one attached hydrogen (secondary N) is 1. The van der Waals surface area contributed by atoms with Crippen molar-refractivity contribution in [3.63, 3.8) is 0 Å². The Hall–Kier alpha value is -2.90. The van der Waals surface area contributed by atoms with E-state index in [1.807, 2.05) is 6.92 Å². The van der Waals surface area contributed by atoms with Gasteiger partial charge in [0.2, 0.25) is 5.91 Å². The van der Waals surface area contributed by atoms with Gasteiger partial charge in [0.15, 0.2) is 5.11 Å². The van der Waals surface area contributed by atoms with E-state index in [4.69, 9.17) is 28.6 Å². The number of nitrogens with zero attached hydrogens (tertiary/aromatic N) is 2. The highest BCUT2D eigenvalue weighted by molar-refractivity contribution is 7.80. The molecule has 1 aliphatic rings. The van der Waals surface area contributed by atoms with E-state index in [2.05, 4.69) is 11.9 Å². The number of benzene rings is 2. The fourth-order valence-corrected chi connectivity index (χ4v) is 3.77. The number of thiocarbonyl (C=S) groups is 1. The van der Waals surface area contributed by atoms with Crippen molar-refractivity contribution >= 4 is 52.1 Å². The van der Waals surface area contributed by atoms with Crippen molar-refractivity contribution in [2.45, 2.75) is 25.8 Å². The summed E-state index contributed by atoms with van der Waals surface area (Å²) < 4.78 is 5.55. The van der Waals surface area contributed by atoms with E-state index in [0.29, 0.717) is 34.7 Å². The van der Waals surface area contributed by atoms with Crippen LogP contribution < -0.4 is 15.0 Å². The Morgan fingerprint density at radius 2 is 1.90 bits per heavy atom. The van der Waals surface area contributed by atoms with E-state index < -0.39 is 6.04 Å². The van der Waals surface area contributed by atoms with Gasteiger partial charge in [-0.15, -0.1) is 6.58 Å². The van der Waals surface area contributed by atoms with Gasteiger partial charge in [0.25, 0.3) is 5.91 Å². The topological polar surface area (TPSA) is 61.9 Å². The zero-order chi connectivity index (χ0) is 22.4. The number of ether oxygens (including phenoxy) is 1. The molecule has 162 valence electrons. The van der Waals surface area contributed by atoms with Crippen LogP contribution >= 0.6 is 23.8 Å². The predicted molar refractivity (Wildman–Crippen MR) is 128 cm³/mol. The normalized spacial score (nSPS) is 15.9. The van der Waals surface area contributed by atoms with E-state index in [1.165, 1.54) is 4.90 Å². The lowest BCUT2D eigenvalue weighted by Gasteiger charge is -2.22. The van der Waals surface area contributed by atoms with Crippen LogP contribution in [0.25, 0.3) is 0 Å². The van der Waals surface area contributed by atoms with Crippen molar-refractivity contribution in [1.29, 1.82) is 0 Å². The van der Waals surface area contributed by atoms with Crippen molar-refractivity contribution in [2.24, 2.45) is 0 Å². The Bertz CT molecular complexity index is 963. The molecule has 1 heterocycles. The van der Waals surface area contributed by atoms with Crippen molar-refractivity contribution < 1.29 is 14.3 Å². The molecule has 1 N–H and O–H groups in total. The number of rotatable bonds is 9. The van der Waals surface area contributed by atoms with E-state index >= 15 is 0 Å². The highest BCUT2D eigenvalue weighted by Gasteiger charge is 2.43. The van der Waals surface area contributed by atoms with Gasteiger partial charge in [0.05, 0.1) is 18.7 Å². The summed E-state index contributed by atoms with van der Waals surface area (Å²) in [6, 6.07) is 13.3. The summed E-state index contributed by atoms with van der Waals surface area (Å²) in [7, 11) is 0. The lowest BCUT2D eigenvalue weighted by atomic mass is 10.1. The molecule has 2 amide bonds. The second-order valence-electron chi connectivity index (χ2n) is 7.01. The molecule has 1 atom stereocenters. The molecule has 0 radical (unpaired) electrons. The van der Waals surface area contributed by atoms with Crippen molar-refractivity contribution in [3.05, 3.63) is 66.2 Å². The minimum absolute atomic E-state index is 0.0367. The quantitative estimate of drug-likeness (QED) is 0.439. The average Bonchev–Trinajstić information content (AvgIpc) is 2.98. The highest BCUT2D eigenvalue weighted by Crippen LogP contribution is 2.28. The molecule has 1 aliphatic heterocycles. The lowest BCUT2D eigenvalue weighted by Crippen LogP contribution is -2.37. The Morgan fingerprint density at radius 1 is 1.23 bits per heavy atom. The Kier molecular flexibility index (Phi) is 7.65. The number of carbonyl (C=O) groups is 2. The summed E-state index contributed by atoms with van der Waals surface area (Å²) in [5.41, 5.74) is 1.24. The molecule has 2 aromatic rings. The van der Waals surface area contributed by atoms with Gasteiger partial charge in [0, 0.05) is 17.3 Å². The number of anilines is 2. The number of hydrogen-bond acceptors (Lipinski definition) is 4. The lowest BCUT2D eigenvalue weighted by molar-refractivity contribution is -0.124. The maximum atomic E-state index is 13.2. The second-order valence-corrected chi connectivity index (χ2v) is 7.82. The van der Waals surface area contributed by atoms with E-state index in [9.17, 15) is 9.59 Å². The Balaban J connectivity index is 1.71. The summed E-state index contributed by atoms with van der Waals surface area (Å²) in [4.78, 5) is 29.0. The van der Waals surface area contributed by atoms with Crippen molar-refractivity contribution in [1.82, 2.24) is 4.90 Å². The van der Waals surface area contributed by atoms with Crippen LogP contribution in [-0.4, -0.2) is 41.0 Å². The molecular formula is C23H24ClN3O3S. The van der Waals surface area contributed by atoms with Gasteiger partial charge >= 0.3 is 0 Å². The summed E-state index contributed by atoms with van der Waals surface area (Å²) in [6.45, 7) is 6.77. The molecule has 0 aromatic heterocycles. The van der Waals surface area contributed by atoms with Crippen LogP contribution in [0.1, 0.15) is 19.8 Å². The summed E-state index contributed by atoms with van der Waals surface area (Å²) in [6.07, 6.45) is 2.54. The molecule has 6 nitrogen and oxygen atoms in total. The largest absolute Gasteiger partial charge is 0.494 e. The number of amides is 2. The molecule has 0 unspecified atom stereocenters. The first-order valence-corrected chi connectivity index (χ1v) is 10.8. The maximum Gasteiger partial charge on any atom is 0.256 e. The first kappa shape index (κ1) is 22.8. The van der Waals surface area contributed by atoms with Gasteiger partial charge in [0.1, 0.15) is 11.8 Å². The molecule has 31 heavy (non-hydrogen) atoms. The zero-order valence-electron chi connectivity index (χ0n) is 17.2. The van der Waals surface area contributed by atoms with E-state index in [-0.39, 0.29) is 18.2 Å². The first-order chi connectivity index (χ1) is 14.9. The van der Waals surface area contributed by atoms with Crippen molar-refractivity contribution in [3.8, 4) is 5.75 Å². The monoisotopic (exact) mass is 457 g/mol. The standard InChI is InChI=1S/C23H24ClN3O3S/c1-3-13-26-20(22(29)27(23(26)31)18-9-5-16(24)6-10-18)15-21(28)25-17-7-11-19(12-8-17)30-14-4-2/h3,5-12,20H,1,4,13-15H2,2H3,(H,25,28)/t20-/m0/s1. The Labute approximate surface area is 192 Å². The van der Waals surface area contributed by atoms with Gasteiger partial charge < -0.3 is 15.0 Å². The molecule has 2 aromatic carbocycles. The average molecular weight is 458 g/mol. The molecule has 0 aliphatic carbocycles. The smallest absolute Gasteiger partial charge is 0.256 e. The number of carbonyl (C=O) groups excluding carboxylic acids is 2. The van der Waals surface area contributed by atoms with Crippen LogP contribution in [0.4, 0.5) is 11.4 Å². The number of halogens is 1. The fraction of sp³-hybridized carbons (Fsp3) is 0.261. The molecule has 0 bridgehead atoms. The molecule has 0 spiro atoms. The molecule has 8 heteroatoms. The van der Waals surface area contributed by atoms with Gasteiger partial charge in [-0.3, -0.25) is 14.5 Å². The minimum Gasteiger partial charge on any atom is -0.494 e. The fourth-order valence-electron chi connectivity index (χ4n) is 3.25. The molecular weight excluding hydrogens is 434 g/mol. The summed E-state index contributed by atoms with van der Waals surface area (Å²) in [5, 5.41) is 3.73. The SMILES string of the molecule is C=CCN1C(=S)N(c2ccc(Cl)cc2)C(=O)[C@@H]1CC(=O)Nc1ccc(OCCC)cc1. The maximum absolute atomic E-state index is 13.2. The van der Waals surface area contributed by atoms with E-state index in [0.717, 1.165) is 12.2 Å². The van der Waals surface area contributed by atoms with E-state index in [1.54, 1.807) is 59.5 Å². The molecule has 3 rings (SSSR count). The third-order valence-electron chi connectivity index (χ3n) is 4.72. The van der Waals surface area contributed by atoms with Gasteiger partial charge in [-0.25, -0.2) is 0 Å². The first-order valence-electron chi connectivity index (χ1n) is 9.98. The van der Waals surface area contributed by atoms with Gasteiger partial charge in [-0.2, -0.15) is 0 Å². The second kappa shape index (κ2) is 10.4. The van der Waals surface area contributed by atoms with Gasteiger partial charge in [-0.1, -0.05) is 24.6 Å². The van der Waals surface area contributed by atoms with Crippen LogP contribution in [0.2, 0.25) is 5.02 Å². The molecule has 1 fully saturated rings. The van der Waals surface area contributed by atoms with Crippen LogP contribution in [0.5, 0.6) is 5.75 Å².